The summed E-state index contributed by atoms with van der Waals surface area (Å²) in [4.78, 5) is 4.40. The fraction of sp³-hybridized carbons (Fsp3) is 0.857. The Morgan fingerprint density at radius 2 is 2.06 bits per heavy atom. The third kappa shape index (κ3) is 5.17. The standard InChI is InChI=1S/C14H28N4/c1-5-7-8-13(17-12(3)4)10-14-15-11-16-18(14)9-6-2/h11-13,17H,5-10H2,1-4H3. The molecule has 18 heavy (non-hydrogen) atoms. The minimum absolute atomic E-state index is 0.518. The molecule has 1 atom stereocenters. The van der Waals surface area contributed by atoms with Gasteiger partial charge in [-0.15, -0.1) is 0 Å². The molecule has 104 valence electrons. The van der Waals surface area contributed by atoms with Gasteiger partial charge in [0, 0.05) is 25.0 Å². The van der Waals surface area contributed by atoms with Crippen LogP contribution in [0.15, 0.2) is 6.33 Å². The Morgan fingerprint density at radius 1 is 1.28 bits per heavy atom. The summed E-state index contributed by atoms with van der Waals surface area (Å²) in [6.45, 7) is 9.79. The average molecular weight is 252 g/mol. The number of nitrogens with zero attached hydrogens (tertiary/aromatic N) is 3. The molecule has 0 aliphatic carbocycles. The first kappa shape index (κ1) is 15.2. The van der Waals surface area contributed by atoms with E-state index in [1.54, 1.807) is 6.33 Å². The summed E-state index contributed by atoms with van der Waals surface area (Å²) in [6, 6.07) is 1.04. The monoisotopic (exact) mass is 252 g/mol. The molecule has 1 rings (SSSR count). The second kappa shape index (κ2) is 8.25. The highest BCUT2D eigenvalue weighted by molar-refractivity contribution is 4.90. The third-order valence-electron chi connectivity index (χ3n) is 3.04. The van der Waals surface area contributed by atoms with Crippen molar-refractivity contribution in [3.05, 3.63) is 12.2 Å². The van der Waals surface area contributed by atoms with E-state index in [2.05, 4.69) is 43.1 Å². The Balaban J connectivity index is 2.59. The van der Waals surface area contributed by atoms with Crippen LogP contribution in [0.1, 0.15) is 59.2 Å². The van der Waals surface area contributed by atoms with Gasteiger partial charge < -0.3 is 5.32 Å². The molecule has 1 heterocycles. The van der Waals surface area contributed by atoms with Crippen LogP contribution in [-0.2, 0) is 13.0 Å². The van der Waals surface area contributed by atoms with Crippen LogP contribution < -0.4 is 5.32 Å². The highest BCUT2D eigenvalue weighted by Gasteiger charge is 2.14. The maximum absolute atomic E-state index is 4.40. The Bertz CT molecular complexity index is 319. The molecule has 1 N–H and O–H groups in total. The lowest BCUT2D eigenvalue weighted by Crippen LogP contribution is -2.37. The van der Waals surface area contributed by atoms with Crippen molar-refractivity contribution in [2.75, 3.05) is 0 Å². The zero-order valence-corrected chi connectivity index (χ0v) is 12.3. The Labute approximate surface area is 111 Å². The third-order valence-corrected chi connectivity index (χ3v) is 3.04. The van der Waals surface area contributed by atoms with Crippen LogP contribution in [0.2, 0.25) is 0 Å². The van der Waals surface area contributed by atoms with Crippen LogP contribution in [0, 0.1) is 0 Å². The molecule has 0 fully saturated rings. The van der Waals surface area contributed by atoms with Gasteiger partial charge >= 0.3 is 0 Å². The average Bonchev–Trinajstić information content (AvgIpc) is 2.73. The maximum atomic E-state index is 4.40. The topological polar surface area (TPSA) is 42.7 Å². The Kier molecular flexibility index (Phi) is 6.94. The van der Waals surface area contributed by atoms with Crippen molar-refractivity contribution in [3.8, 4) is 0 Å². The predicted octanol–water partition coefficient (Wildman–Crippen LogP) is 2.79. The first-order valence-corrected chi connectivity index (χ1v) is 7.30. The maximum Gasteiger partial charge on any atom is 0.138 e. The van der Waals surface area contributed by atoms with Crippen molar-refractivity contribution in [3.63, 3.8) is 0 Å². The number of unbranched alkanes of at least 4 members (excludes halogenated alkanes) is 1. The molecule has 0 bridgehead atoms. The first-order valence-electron chi connectivity index (χ1n) is 7.30. The summed E-state index contributed by atoms with van der Waals surface area (Å²) in [7, 11) is 0. The molecule has 4 nitrogen and oxygen atoms in total. The summed E-state index contributed by atoms with van der Waals surface area (Å²) in [5.41, 5.74) is 0. The van der Waals surface area contributed by atoms with E-state index in [0.717, 1.165) is 25.2 Å². The van der Waals surface area contributed by atoms with Crippen LogP contribution in [0.25, 0.3) is 0 Å². The van der Waals surface area contributed by atoms with Gasteiger partial charge in [0.05, 0.1) is 0 Å². The van der Waals surface area contributed by atoms with Gasteiger partial charge in [0.1, 0.15) is 12.2 Å². The van der Waals surface area contributed by atoms with Gasteiger partial charge in [-0.1, -0.05) is 40.5 Å². The molecule has 4 heteroatoms. The summed E-state index contributed by atoms with van der Waals surface area (Å²) in [6.07, 6.45) is 7.50. The normalized spacial score (nSPS) is 13.2. The lowest BCUT2D eigenvalue weighted by Gasteiger charge is -2.21. The fourth-order valence-corrected chi connectivity index (χ4v) is 2.23. The van der Waals surface area contributed by atoms with Gasteiger partial charge in [0.2, 0.25) is 0 Å². The van der Waals surface area contributed by atoms with Crippen LogP contribution in [0.4, 0.5) is 0 Å². The minimum Gasteiger partial charge on any atom is -0.311 e. The highest BCUT2D eigenvalue weighted by Crippen LogP contribution is 2.08. The molecule has 1 aromatic heterocycles. The van der Waals surface area contributed by atoms with Gasteiger partial charge in [-0.05, 0) is 12.8 Å². The van der Waals surface area contributed by atoms with Gasteiger partial charge in [0.15, 0.2) is 0 Å². The van der Waals surface area contributed by atoms with Gasteiger partial charge in [-0.25, -0.2) is 4.98 Å². The highest BCUT2D eigenvalue weighted by atomic mass is 15.3. The van der Waals surface area contributed by atoms with Crippen molar-refractivity contribution in [2.45, 2.75) is 78.4 Å². The van der Waals surface area contributed by atoms with E-state index >= 15 is 0 Å². The smallest absolute Gasteiger partial charge is 0.138 e. The van der Waals surface area contributed by atoms with Crippen LogP contribution in [0.3, 0.4) is 0 Å². The lowest BCUT2D eigenvalue weighted by atomic mass is 10.1. The molecule has 0 aromatic carbocycles. The first-order chi connectivity index (χ1) is 8.67. The molecule has 0 radical (unpaired) electrons. The summed E-state index contributed by atoms with van der Waals surface area (Å²) >= 11 is 0. The fourth-order valence-electron chi connectivity index (χ4n) is 2.23. The number of aromatic nitrogens is 3. The van der Waals surface area contributed by atoms with Crippen molar-refractivity contribution < 1.29 is 0 Å². The minimum atomic E-state index is 0.518. The molecule has 0 saturated heterocycles. The number of hydrogen-bond acceptors (Lipinski definition) is 3. The van der Waals surface area contributed by atoms with Crippen molar-refractivity contribution in [2.24, 2.45) is 0 Å². The SMILES string of the molecule is CCCCC(Cc1ncnn1CCC)NC(C)C. The summed E-state index contributed by atoms with van der Waals surface area (Å²) in [5.74, 6) is 1.12. The van der Waals surface area contributed by atoms with Crippen molar-refractivity contribution in [1.29, 1.82) is 0 Å². The summed E-state index contributed by atoms with van der Waals surface area (Å²) in [5, 5.41) is 7.94. The van der Waals surface area contributed by atoms with E-state index in [1.807, 2.05) is 4.68 Å². The number of nitrogens with one attached hydrogen (secondary N) is 1. The van der Waals surface area contributed by atoms with Crippen LogP contribution >= 0.6 is 0 Å². The Hall–Kier alpha value is -0.900. The second-order valence-corrected chi connectivity index (χ2v) is 5.26. The number of aryl methyl sites for hydroxylation is 1. The predicted molar refractivity (Wildman–Crippen MR) is 75.6 cm³/mol. The van der Waals surface area contributed by atoms with Gasteiger partial charge in [0.25, 0.3) is 0 Å². The second-order valence-electron chi connectivity index (χ2n) is 5.26. The number of rotatable bonds is 9. The molecule has 0 amide bonds. The molecule has 0 spiro atoms. The quantitative estimate of drug-likeness (QED) is 0.735. The molecule has 0 saturated carbocycles. The molecular weight excluding hydrogens is 224 g/mol. The van der Waals surface area contributed by atoms with Gasteiger partial charge in [-0.3, -0.25) is 4.68 Å². The molecule has 0 aliphatic heterocycles. The van der Waals surface area contributed by atoms with E-state index in [9.17, 15) is 0 Å². The van der Waals surface area contributed by atoms with E-state index in [4.69, 9.17) is 0 Å². The molecular formula is C14H28N4. The van der Waals surface area contributed by atoms with Crippen LogP contribution in [-0.4, -0.2) is 26.8 Å². The molecule has 1 unspecified atom stereocenters. The lowest BCUT2D eigenvalue weighted by molar-refractivity contribution is 0.409. The largest absolute Gasteiger partial charge is 0.311 e. The van der Waals surface area contributed by atoms with Crippen LogP contribution in [0.5, 0.6) is 0 Å². The van der Waals surface area contributed by atoms with E-state index in [1.165, 1.54) is 19.3 Å². The van der Waals surface area contributed by atoms with E-state index < -0.39 is 0 Å². The number of hydrogen-bond donors (Lipinski definition) is 1. The summed E-state index contributed by atoms with van der Waals surface area (Å²) < 4.78 is 2.04. The van der Waals surface area contributed by atoms with E-state index in [0.29, 0.717) is 12.1 Å². The zero-order valence-electron chi connectivity index (χ0n) is 12.3. The van der Waals surface area contributed by atoms with E-state index in [-0.39, 0.29) is 0 Å². The zero-order chi connectivity index (χ0) is 13.4. The Morgan fingerprint density at radius 3 is 2.67 bits per heavy atom. The molecule has 0 aliphatic rings. The van der Waals surface area contributed by atoms with Crippen molar-refractivity contribution in [1.82, 2.24) is 20.1 Å². The van der Waals surface area contributed by atoms with Crippen molar-refractivity contribution >= 4 is 0 Å². The molecule has 1 aromatic rings. The van der Waals surface area contributed by atoms with Gasteiger partial charge in [-0.2, -0.15) is 5.10 Å².